The predicted molar refractivity (Wildman–Crippen MR) is 100 cm³/mol. The highest BCUT2D eigenvalue weighted by atomic mass is 16.2. The fourth-order valence-corrected chi connectivity index (χ4v) is 4.34. The molecule has 0 N–H and O–H groups in total. The van der Waals surface area contributed by atoms with Crippen LogP contribution >= 0.6 is 0 Å². The van der Waals surface area contributed by atoms with Crippen LogP contribution in [-0.2, 0) is 4.79 Å². The second kappa shape index (κ2) is 5.57. The summed E-state index contributed by atoms with van der Waals surface area (Å²) in [6.07, 6.45) is 0.0281. The highest BCUT2D eigenvalue weighted by Gasteiger charge is 2.51. The van der Waals surface area contributed by atoms with Crippen LogP contribution < -0.4 is 16.3 Å². The van der Waals surface area contributed by atoms with Gasteiger partial charge in [0.1, 0.15) is 12.2 Å². The Morgan fingerprint density at radius 3 is 1.96 bits per heavy atom. The molecule has 2 bridgehead atoms. The molecule has 4 heterocycles. The van der Waals surface area contributed by atoms with E-state index < -0.39 is 23.6 Å². The van der Waals surface area contributed by atoms with E-state index >= 15 is 0 Å². The van der Waals surface area contributed by atoms with Gasteiger partial charge in [-0.15, -0.1) is 0 Å². The summed E-state index contributed by atoms with van der Waals surface area (Å²) in [6.45, 7) is 2.01. The van der Waals surface area contributed by atoms with Crippen molar-refractivity contribution in [3.8, 4) is 5.69 Å². The van der Waals surface area contributed by atoms with Crippen molar-refractivity contribution in [3.63, 3.8) is 0 Å². The number of hydrogen-bond donors (Lipinski definition) is 0. The summed E-state index contributed by atoms with van der Waals surface area (Å²) in [6, 6.07) is 17.5. The molecule has 7 nitrogen and oxygen atoms in total. The summed E-state index contributed by atoms with van der Waals surface area (Å²) in [5.41, 5.74) is 0.366. The fraction of sp³-hybridized carbons (Fsp3) is 0.250. The van der Waals surface area contributed by atoms with Crippen LogP contribution in [0.1, 0.15) is 25.6 Å². The first-order valence-corrected chi connectivity index (χ1v) is 8.99. The van der Waals surface area contributed by atoms with Crippen LogP contribution in [0.5, 0.6) is 0 Å². The number of anilines is 1. The molecule has 1 amide bonds. The van der Waals surface area contributed by atoms with E-state index in [0.717, 1.165) is 10.3 Å². The van der Waals surface area contributed by atoms with E-state index in [1.54, 1.807) is 29.2 Å². The minimum Gasteiger partial charge on any atom is -0.287 e. The van der Waals surface area contributed by atoms with E-state index in [1.807, 2.05) is 43.3 Å². The van der Waals surface area contributed by atoms with Gasteiger partial charge in [-0.1, -0.05) is 43.3 Å². The topological polar surface area (TPSA) is 69.2 Å². The monoisotopic (exact) mass is 362 g/mol. The third-order valence-corrected chi connectivity index (χ3v) is 5.49. The SMILES string of the molecule is CC1CC2C(=O)N(c3ccccc3)C1n1c(=O)n(-c3ccccc3)c(=O)n12. The van der Waals surface area contributed by atoms with Crippen molar-refractivity contribution >= 4 is 11.6 Å². The number of carbonyl (C=O) groups is 1. The van der Waals surface area contributed by atoms with Crippen LogP contribution in [0.25, 0.3) is 5.69 Å². The van der Waals surface area contributed by atoms with Crippen LogP contribution in [0.4, 0.5) is 5.69 Å². The lowest BCUT2D eigenvalue weighted by Crippen LogP contribution is -2.60. The highest BCUT2D eigenvalue weighted by Crippen LogP contribution is 2.43. The normalized spacial score (nSPS) is 23.5. The van der Waals surface area contributed by atoms with Crippen molar-refractivity contribution in [2.45, 2.75) is 25.6 Å². The van der Waals surface area contributed by atoms with E-state index in [0.29, 0.717) is 12.1 Å². The molecule has 0 aliphatic carbocycles. The first-order chi connectivity index (χ1) is 13.1. The molecule has 7 heteroatoms. The van der Waals surface area contributed by atoms with Gasteiger partial charge in [0.2, 0.25) is 0 Å². The Labute approximate surface area is 154 Å². The van der Waals surface area contributed by atoms with Gasteiger partial charge in [-0.3, -0.25) is 9.69 Å². The average Bonchev–Trinajstić information content (AvgIpc) is 2.96. The quantitative estimate of drug-likeness (QED) is 0.699. The maximum absolute atomic E-state index is 13.2. The van der Waals surface area contributed by atoms with Gasteiger partial charge in [0, 0.05) is 11.6 Å². The summed E-state index contributed by atoms with van der Waals surface area (Å²) in [4.78, 5) is 41.1. The van der Waals surface area contributed by atoms with Gasteiger partial charge in [0.05, 0.1) is 5.69 Å². The van der Waals surface area contributed by atoms with Crippen LogP contribution in [0.2, 0.25) is 0 Å². The summed E-state index contributed by atoms with van der Waals surface area (Å²) >= 11 is 0. The summed E-state index contributed by atoms with van der Waals surface area (Å²) in [5.74, 6) is -0.0896. The Hall–Kier alpha value is -3.35. The van der Waals surface area contributed by atoms with E-state index in [2.05, 4.69) is 0 Å². The van der Waals surface area contributed by atoms with E-state index in [4.69, 9.17) is 0 Å². The molecule has 1 aromatic heterocycles. The zero-order chi connectivity index (χ0) is 18.7. The second-order valence-electron chi connectivity index (χ2n) is 7.11. The van der Waals surface area contributed by atoms with Crippen molar-refractivity contribution in [1.29, 1.82) is 0 Å². The number of rotatable bonds is 2. The third kappa shape index (κ3) is 2.05. The number of amides is 1. The molecule has 3 unspecified atom stereocenters. The van der Waals surface area contributed by atoms with Gasteiger partial charge in [0.25, 0.3) is 5.91 Å². The van der Waals surface area contributed by atoms with Crippen molar-refractivity contribution < 1.29 is 4.79 Å². The predicted octanol–water partition coefficient (Wildman–Crippen LogP) is 1.93. The van der Waals surface area contributed by atoms with Crippen LogP contribution in [0.3, 0.4) is 0 Å². The molecule has 1 saturated heterocycles. The van der Waals surface area contributed by atoms with Crippen molar-refractivity contribution in [3.05, 3.63) is 81.6 Å². The zero-order valence-electron chi connectivity index (χ0n) is 14.7. The zero-order valence-corrected chi connectivity index (χ0v) is 14.7. The second-order valence-corrected chi connectivity index (χ2v) is 7.11. The summed E-state index contributed by atoms with van der Waals surface area (Å²) < 4.78 is 3.96. The van der Waals surface area contributed by atoms with Gasteiger partial charge in [-0.2, -0.15) is 0 Å². The Bertz CT molecular complexity index is 1140. The number of nitrogens with zero attached hydrogens (tertiary/aromatic N) is 4. The molecule has 2 aromatic carbocycles. The van der Waals surface area contributed by atoms with Crippen molar-refractivity contribution in [2.75, 3.05) is 4.90 Å². The summed E-state index contributed by atoms with van der Waals surface area (Å²) in [7, 11) is 0. The Balaban J connectivity index is 1.78. The number of para-hydroxylation sites is 2. The molecule has 3 aliphatic rings. The van der Waals surface area contributed by atoms with E-state index in [1.165, 1.54) is 9.36 Å². The molecular weight excluding hydrogens is 344 g/mol. The number of aromatic nitrogens is 3. The average molecular weight is 362 g/mol. The Morgan fingerprint density at radius 2 is 1.33 bits per heavy atom. The van der Waals surface area contributed by atoms with Crippen LogP contribution in [0.15, 0.2) is 70.3 Å². The first-order valence-electron chi connectivity index (χ1n) is 8.99. The Morgan fingerprint density at radius 1 is 0.778 bits per heavy atom. The number of piperidine rings is 1. The molecular formula is C20H18N4O3. The lowest BCUT2D eigenvalue weighted by molar-refractivity contribution is -0.130. The first kappa shape index (κ1) is 15.9. The molecule has 3 aromatic rings. The lowest BCUT2D eigenvalue weighted by atomic mass is 9.89. The number of hydrogen-bond acceptors (Lipinski definition) is 3. The molecule has 0 spiro atoms. The van der Waals surface area contributed by atoms with Gasteiger partial charge in [0.15, 0.2) is 0 Å². The molecule has 6 rings (SSSR count). The smallest absolute Gasteiger partial charge is 0.287 e. The Kier molecular flexibility index (Phi) is 3.28. The van der Waals surface area contributed by atoms with Crippen LogP contribution in [0, 0.1) is 5.92 Å². The highest BCUT2D eigenvalue weighted by molar-refractivity contribution is 5.97. The van der Waals surface area contributed by atoms with Gasteiger partial charge < -0.3 is 0 Å². The number of fused-ring (bicyclic) bond motifs is 2. The van der Waals surface area contributed by atoms with Gasteiger partial charge in [-0.05, 0) is 30.7 Å². The minimum absolute atomic E-state index is 0.0524. The van der Waals surface area contributed by atoms with E-state index in [9.17, 15) is 14.4 Å². The molecule has 27 heavy (non-hydrogen) atoms. The maximum Gasteiger partial charge on any atom is 0.353 e. The summed E-state index contributed by atoms with van der Waals surface area (Å²) in [5, 5.41) is 0. The largest absolute Gasteiger partial charge is 0.353 e. The van der Waals surface area contributed by atoms with Crippen molar-refractivity contribution in [2.24, 2.45) is 5.92 Å². The molecule has 3 aliphatic heterocycles. The standard InChI is InChI=1S/C20H18N4O3/c1-13-12-16-18(25)21(14-8-4-2-5-9-14)17(13)24-20(27)22(19(26)23(16)24)15-10-6-3-7-11-15/h2-11,13,16-17H,12H2,1H3. The van der Waals surface area contributed by atoms with Gasteiger partial charge >= 0.3 is 11.4 Å². The van der Waals surface area contributed by atoms with Gasteiger partial charge in [-0.25, -0.2) is 23.5 Å². The maximum atomic E-state index is 13.2. The van der Waals surface area contributed by atoms with E-state index in [-0.39, 0.29) is 11.8 Å². The molecule has 1 fully saturated rings. The van der Waals surface area contributed by atoms with Crippen LogP contribution in [-0.4, -0.2) is 19.8 Å². The number of carbonyl (C=O) groups excluding carboxylic acids is 1. The molecule has 3 atom stereocenters. The number of benzene rings is 2. The van der Waals surface area contributed by atoms with Crippen molar-refractivity contribution in [1.82, 2.24) is 13.9 Å². The third-order valence-electron chi connectivity index (χ3n) is 5.49. The molecule has 0 saturated carbocycles. The molecule has 0 radical (unpaired) electrons. The fourth-order valence-electron chi connectivity index (χ4n) is 4.34. The lowest BCUT2D eigenvalue weighted by Gasteiger charge is -2.48. The molecule has 136 valence electrons. The minimum atomic E-state index is -0.671.